The predicted molar refractivity (Wildman–Crippen MR) is 106 cm³/mol. The van der Waals surface area contributed by atoms with Crippen molar-refractivity contribution in [3.63, 3.8) is 0 Å². The van der Waals surface area contributed by atoms with E-state index >= 15 is 0 Å². The Balaban J connectivity index is 1.39. The molecule has 1 amide bonds. The molecule has 0 bridgehead atoms. The summed E-state index contributed by atoms with van der Waals surface area (Å²) in [5, 5.41) is 10.6. The fraction of sp³-hybridized carbons (Fsp3) is 0.318. The zero-order valence-electron chi connectivity index (χ0n) is 16.9. The van der Waals surface area contributed by atoms with Crippen LogP contribution in [0.2, 0.25) is 0 Å². The number of carbonyl (C=O) groups excluding carboxylic acids is 1. The zero-order chi connectivity index (χ0) is 22.3. The number of carbonyl (C=O) groups is 1. The summed E-state index contributed by atoms with van der Waals surface area (Å²) >= 11 is 0. The van der Waals surface area contributed by atoms with Gasteiger partial charge >= 0.3 is 6.18 Å². The Morgan fingerprint density at radius 3 is 2.16 bits per heavy atom. The van der Waals surface area contributed by atoms with Gasteiger partial charge in [-0.25, -0.2) is 0 Å². The topological polar surface area (TPSA) is 77.2 Å². The fourth-order valence-corrected chi connectivity index (χ4v) is 2.85. The Morgan fingerprint density at radius 2 is 1.55 bits per heavy atom. The number of aryl methyl sites for hydroxylation is 3. The van der Waals surface area contributed by atoms with Gasteiger partial charge in [0.25, 0.3) is 0 Å². The van der Waals surface area contributed by atoms with Crippen molar-refractivity contribution in [3.8, 4) is 5.75 Å². The minimum Gasteiger partial charge on any atom is -0.497 e. The quantitative estimate of drug-likeness (QED) is 0.549. The molecular weight excluding hydrogens is 411 g/mol. The van der Waals surface area contributed by atoms with E-state index in [9.17, 15) is 18.0 Å². The van der Waals surface area contributed by atoms with Gasteiger partial charge in [-0.05, 0) is 41.8 Å². The Bertz CT molecular complexity index is 984. The number of nitrogens with one attached hydrogen (secondary N) is 1. The Labute approximate surface area is 177 Å². The molecule has 0 aliphatic rings. The highest BCUT2D eigenvalue weighted by Crippen LogP contribution is 2.29. The van der Waals surface area contributed by atoms with E-state index in [1.54, 1.807) is 7.11 Å². The molecule has 1 N–H and O–H groups in total. The van der Waals surface area contributed by atoms with Crippen molar-refractivity contribution in [2.24, 2.45) is 0 Å². The van der Waals surface area contributed by atoms with E-state index < -0.39 is 11.7 Å². The number of methoxy groups -OCH3 is 1. The molecule has 0 radical (unpaired) electrons. The van der Waals surface area contributed by atoms with Crippen molar-refractivity contribution >= 4 is 5.91 Å². The van der Waals surface area contributed by atoms with Crippen molar-refractivity contribution in [1.82, 2.24) is 15.5 Å². The van der Waals surface area contributed by atoms with Crippen molar-refractivity contribution in [2.75, 3.05) is 7.11 Å². The van der Waals surface area contributed by atoms with Gasteiger partial charge in [-0.2, -0.15) is 13.2 Å². The van der Waals surface area contributed by atoms with E-state index in [1.165, 1.54) is 12.1 Å². The molecule has 1 aromatic heterocycles. The molecule has 0 atom stereocenters. The molecule has 0 spiro atoms. The second-order valence-electron chi connectivity index (χ2n) is 6.91. The lowest BCUT2D eigenvalue weighted by atomic mass is 10.1. The first-order valence-corrected chi connectivity index (χ1v) is 9.70. The van der Waals surface area contributed by atoms with Crippen LogP contribution in [0.15, 0.2) is 52.9 Å². The smallest absolute Gasteiger partial charge is 0.416 e. The molecule has 6 nitrogen and oxygen atoms in total. The molecular formula is C22H22F3N3O3. The number of hydrogen-bond acceptors (Lipinski definition) is 5. The summed E-state index contributed by atoms with van der Waals surface area (Å²) in [5.74, 6) is 1.41. The SMILES string of the molecule is COc1ccc(CCc2nnc(CCC(=O)NCc3ccc(C(F)(F)F)cc3)o2)cc1. The van der Waals surface area contributed by atoms with Gasteiger partial charge in [0.2, 0.25) is 17.7 Å². The number of nitrogens with zero attached hydrogens (tertiary/aromatic N) is 2. The van der Waals surface area contributed by atoms with Crippen LogP contribution in [-0.2, 0) is 36.8 Å². The lowest BCUT2D eigenvalue weighted by Crippen LogP contribution is -2.23. The maximum Gasteiger partial charge on any atom is 0.416 e. The monoisotopic (exact) mass is 433 g/mol. The molecule has 164 valence electrons. The summed E-state index contributed by atoms with van der Waals surface area (Å²) in [6.45, 7) is 0.147. The van der Waals surface area contributed by atoms with Gasteiger partial charge in [-0.1, -0.05) is 24.3 Å². The largest absolute Gasteiger partial charge is 0.497 e. The second kappa shape index (κ2) is 10.1. The standard InChI is InChI=1S/C22H22F3N3O3/c1-30-18-9-4-15(5-10-18)6-12-20-27-28-21(31-20)13-11-19(29)26-14-16-2-7-17(8-3-16)22(23,24)25/h2-5,7-10H,6,11-14H2,1H3,(H,26,29). The van der Waals surface area contributed by atoms with E-state index in [0.717, 1.165) is 29.9 Å². The van der Waals surface area contributed by atoms with E-state index in [1.807, 2.05) is 24.3 Å². The third-order valence-corrected chi connectivity index (χ3v) is 4.63. The Kier molecular flexibility index (Phi) is 7.28. The summed E-state index contributed by atoms with van der Waals surface area (Å²) in [6.07, 6.45) is -2.63. The fourth-order valence-electron chi connectivity index (χ4n) is 2.85. The van der Waals surface area contributed by atoms with E-state index in [0.29, 0.717) is 23.8 Å². The normalized spacial score (nSPS) is 11.4. The van der Waals surface area contributed by atoms with Crippen LogP contribution in [0.1, 0.15) is 34.9 Å². The Hall–Kier alpha value is -3.36. The first kappa shape index (κ1) is 22.3. The van der Waals surface area contributed by atoms with Crippen LogP contribution >= 0.6 is 0 Å². The molecule has 0 saturated carbocycles. The minimum atomic E-state index is -4.38. The molecule has 1 heterocycles. The molecule has 0 saturated heterocycles. The van der Waals surface area contributed by atoms with Crippen molar-refractivity contribution in [3.05, 3.63) is 77.0 Å². The number of benzene rings is 2. The highest BCUT2D eigenvalue weighted by molar-refractivity contribution is 5.76. The zero-order valence-corrected chi connectivity index (χ0v) is 16.9. The number of hydrogen-bond donors (Lipinski definition) is 1. The average molecular weight is 433 g/mol. The lowest BCUT2D eigenvalue weighted by Gasteiger charge is -2.08. The summed E-state index contributed by atoms with van der Waals surface area (Å²) in [7, 11) is 1.62. The molecule has 3 aromatic rings. The molecule has 31 heavy (non-hydrogen) atoms. The van der Waals surface area contributed by atoms with E-state index in [-0.39, 0.29) is 25.3 Å². The van der Waals surface area contributed by atoms with E-state index in [4.69, 9.17) is 9.15 Å². The first-order valence-electron chi connectivity index (χ1n) is 9.70. The summed E-state index contributed by atoms with van der Waals surface area (Å²) < 4.78 is 48.4. The van der Waals surface area contributed by atoms with Crippen LogP contribution in [0.4, 0.5) is 13.2 Å². The number of amides is 1. The van der Waals surface area contributed by atoms with Crippen LogP contribution in [-0.4, -0.2) is 23.2 Å². The van der Waals surface area contributed by atoms with Gasteiger partial charge in [0.15, 0.2) is 0 Å². The molecule has 0 aliphatic carbocycles. The number of rotatable bonds is 9. The second-order valence-corrected chi connectivity index (χ2v) is 6.91. The van der Waals surface area contributed by atoms with Gasteiger partial charge in [-0.15, -0.1) is 10.2 Å². The number of halogens is 3. The summed E-state index contributed by atoms with van der Waals surface area (Å²) in [6, 6.07) is 12.4. The van der Waals surface area contributed by atoms with Crippen molar-refractivity contribution < 1.29 is 27.1 Å². The van der Waals surface area contributed by atoms with Crippen molar-refractivity contribution in [2.45, 2.75) is 38.4 Å². The van der Waals surface area contributed by atoms with Crippen LogP contribution in [0.3, 0.4) is 0 Å². The van der Waals surface area contributed by atoms with Gasteiger partial charge in [-0.3, -0.25) is 4.79 Å². The maximum absolute atomic E-state index is 12.6. The molecule has 2 aromatic carbocycles. The number of ether oxygens (including phenoxy) is 1. The number of alkyl halides is 3. The molecule has 3 rings (SSSR count). The van der Waals surface area contributed by atoms with Crippen LogP contribution in [0.25, 0.3) is 0 Å². The summed E-state index contributed by atoms with van der Waals surface area (Å²) in [5.41, 5.74) is 0.977. The van der Waals surface area contributed by atoms with Gasteiger partial charge in [0, 0.05) is 25.8 Å². The minimum absolute atomic E-state index is 0.140. The van der Waals surface area contributed by atoms with Gasteiger partial charge in [0.05, 0.1) is 12.7 Å². The highest BCUT2D eigenvalue weighted by atomic mass is 19.4. The third kappa shape index (κ3) is 6.84. The highest BCUT2D eigenvalue weighted by Gasteiger charge is 2.29. The molecule has 9 heteroatoms. The summed E-state index contributed by atoms with van der Waals surface area (Å²) in [4.78, 5) is 12.0. The van der Waals surface area contributed by atoms with Gasteiger partial charge < -0.3 is 14.5 Å². The Morgan fingerprint density at radius 1 is 0.935 bits per heavy atom. The van der Waals surface area contributed by atoms with Crippen LogP contribution < -0.4 is 10.1 Å². The molecule has 0 fully saturated rings. The maximum atomic E-state index is 12.6. The van der Waals surface area contributed by atoms with Crippen LogP contribution in [0, 0.1) is 0 Å². The third-order valence-electron chi connectivity index (χ3n) is 4.63. The van der Waals surface area contributed by atoms with Gasteiger partial charge in [0.1, 0.15) is 5.75 Å². The molecule has 0 aliphatic heterocycles. The lowest BCUT2D eigenvalue weighted by molar-refractivity contribution is -0.137. The average Bonchev–Trinajstić information content (AvgIpc) is 3.23. The number of aromatic nitrogens is 2. The van der Waals surface area contributed by atoms with Crippen molar-refractivity contribution in [1.29, 1.82) is 0 Å². The first-order chi connectivity index (χ1) is 14.8. The predicted octanol–water partition coefficient (Wildman–Crippen LogP) is 4.13. The molecule has 0 unspecified atom stereocenters. The van der Waals surface area contributed by atoms with Crippen LogP contribution in [0.5, 0.6) is 5.75 Å². The van der Waals surface area contributed by atoms with E-state index in [2.05, 4.69) is 15.5 Å².